The van der Waals surface area contributed by atoms with Crippen LogP contribution in [0.1, 0.15) is 0 Å². The summed E-state index contributed by atoms with van der Waals surface area (Å²) in [6, 6.07) is 0. The van der Waals surface area contributed by atoms with Gasteiger partial charge in [-0.2, -0.15) is 0 Å². The van der Waals surface area contributed by atoms with Crippen molar-refractivity contribution < 1.29 is 0 Å². The van der Waals surface area contributed by atoms with Crippen molar-refractivity contribution in [2.45, 2.75) is 0 Å². The summed E-state index contributed by atoms with van der Waals surface area (Å²) in [6.07, 6.45) is 20.8. The molecule has 72 valence electrons. The first-order valence-electron chi connectivity index (χ1n) is 4.82. The van der Waals surface area contributed by atoms with E-state index in [9.17, 15) is 0 Å². The van der Waals surface area contributed by atoms with Gasteiger partial charge in [0.05, 0.1) is 0 Å². The van der Waals surface area contributed by atoms with E-state index in [-0.39, 0.29) is 0 Å². The lowest BCUT2D eigenvalue weighted by Crippen LogP contribution is -2.15. The minimum absolute atomic E-state index is 0.959. The molecule has 2 heteroatoms. The highest BCUT2D eigenvalue weighted by Crippen LogP contribution is 2.03. The first kappa shape index (κ1) is 8.88. The van der Waals surface area contributed by atoms with Crippen molar-refractivity contribution >= 4 is 0 Å². The van der Waals surface area contributed by atoms with Crippen LogP contribution >= 0.6 is 0 Å². The normalized spacial score (nSPS) is 20.0. The van der Waals surface area contributed by atoms with Gasteiger partial charge in [-0.25, -0.2) is 0 Å². The lowest BCUT2D eigenvalue weighted by Gasteiger charge is -2.19. The van der Waals surface area contributed by atoms with Gasteiger partial charge in [0.2, 0.25) is 0 Å². The number of nitrogens with zero attached hydrogens (tertiary/aromatic N) is 2. The highest BCUT2D eigenvalue weighted by atomic mass is 15.1. The molecule has 0 aromatic heterocycles. The van der Waals surface area contributed by atoms with Gasteiger partial charge >= 0.3 is 0 Å². The smallest absolute Gasteiger partial charge is 0.0404 e. The molecule has 0 unspecified atom stereocenters. The third-order valence-corrected chi connectivity index (χ3v) is 2.13. The van der Waals surface area contributed by atoms with E-state index in [0.717, 1.165) is 13.1 Å². The van der Waals surface area contributed by atoms with E-state index in [1.165, 1.54) is 0 Å². The molecule has 2 rings (SSSR count). The van der Waals surface area contributed by atoms with Gasteiger partial charge in [0.15, 0.2) is 0 Å². The van der Waals surface area contributed by atoms with Crippen LogP contribution in [0, 0.1) is 0 Å². The molecule has 0 fully saturated rings. The Morgan fingerprint density at radius 2 is 1.21 bits per heavy atom. The Bertz CT molecular complexity index is 289. The molecule has 2 nitrogen and oxygen atoms in total. The van der Waals surface area contributed by atoms with E-state index in [1.54, 1.807) is 0 Å². The monoisotopic (exact) mass is 186 g/mol. The lowest BCUT2D eigenvalue weighted by atomic mass is 10.3. The third kappa shape index (κ3) is 2.39. The molecule has 0 aromatic carbocycles. The second-order valence-electron chi connectivity index (χ2n) is 3.23. The van der Waals surface area contributed by atoms with Crippen LogP contribution in [0.3, 0.4) is 0 Å². The van der Waals surface area contributed by atoms with Gasteiger partial charge in [-0.1, -0.05) is 24.3 Å². The van der Waals surface area contributed by atoms with Crippen molar-refractivity contribution in [1.82, 2.24) is 9.80 Å². The van der Waals surface area contributed by atoms with E-state index in [1.807, 2.05) is 12.2 Å². The molecule has 0 N–H and O–H groups in total. The Hall–Kier alpha value is -1.70. The van der Waals surface area contributed by atoms with Crippen LogP contribution in [-0.4, -0.2) is 22.9 Å². The predicted molar refractivity (Wildman–Crippen MR) is 59.1 cm³/mol. The zero-order chi connectivity index (χ0) is 9.64. The zero-order valence-corrected chi connectivity index (χ0v) is 8.08. The summed E-state index contributed by atoms with van der Waals surface area (Å²) in [5, 5.41) is 0. The number of rotatable bonds is 2. The van der Waals surface area contributed by atoms with Crippen LogP contribution in [0.4, 0.5) is 0 Å². The summed E-state index contributed by atoms with van der Waals surface area (Å²) in [5.74, 6) is 0. The molecule has 0 atom stereocenters. The first-order chi connectivity index (χ1) is 6.95. The maximum atomic E-state index is 2.14. The maximum Gasteiger partial charge on any atom is 0.0404 e. The molecule has 0 saturated heterocycles. The van der Waals surface area contributed by atoms with Gasteiger partial charge in [0.25, 0.3) is 0 Å². The Kier molecular flexibility index (Phi) is 2.86. The molecule has 2 aliphatic heterocycles. The van der Waals surface area contributed by atoms with Gasteiger partial charge in [0.1, 0.15) is 0 Å². The van der Waals surface area contributed by atoms with Gasteiger partial charge in [0, 0.05) is 37.9 Å². The molecule has 0 spiro atoms. The van der Waals surface area contributed by atoms with E-state index in [2.05, 4.69) is 58.9 Å². The summed E-state index contributed by atoms with van der Waals surface area (Å²) in [6.45, 7) is 1.92. The minimum Gasteiger partial charge on any atom is -0.349 e. The predicted octanol–water partition coefficient (Wildman–Crippen LogP) is 2.23. The van der Waals surface area contributed by atoms with E-state index in [0.29, 0.717) is 0 Å². The fourth-order valence-corrected chi connectivity index (χ4v) is 1.36. The van der Waals surface area contributed by atoms with E-state index in [4.69, 9.17) is 0 Å². The fourth-order valence-electron chi connectivity index (χ4n) is 1.36. The maximum absolute atomic E-state index is 2.14. The third-order valence-electron chi connectivity index (χ3n) is 2.13. The van der Waals surface area contributed by atoms with Gasteiger partial charge in [-0.15, -0.1) is 0 Å². The van der Waals surface area contributed by atoms with Crippen molar-refractivity contribution in [3.05, 3.63) is 61.3 Å². The zero-order valence-electron chi connectivity index (χ0n) is 8.08. The second-order valence-corrected chi connectivity index (χ2v) is 3.23. The molecule has 0 saturated carbocycles. The summed E-state index contributed by atoms with van der Waals surface area (Å²) < 4.78 is 0. The molecule has 0 amide bonds. The molecule has 0 radical (unpaired) electrons. The molecule has 0 aliphatic carbocycles. The molecule has 2 heterocycles. The SMILES string of the molecule is C1=CCN(/C=C/N2C=CC=CC2)C=C1. The van der Waals surface area contributed by atoms with Crippen molar-refractivity contribution in [3.8, 4) is 0 Å². The summed E-state index contributed by atoms with van der Waals surface area (Å²) >= 11 is 0. The van der Waals surface area contributed by atoms with Crippen LogP contribution in [0.2, 0.25) is 0 Å². The summed E-state index contributed by atoms with van der Waals surface area (Å²) in [7, 11) is 0. The van der Waals surface area contributed by atoms with Crippen LogP contribution < -0.4 is 0 Å². The minimum atomic E-state index is 0.959. The number of hydrogen-bond donors (Lipinski definition) is 0. The largest absolute Gasteiger partial charge is 0.349 e. The Morgan fingerprint density at radius 3 is 1.57 bits per heavy atom. The number of hydrogen-bond acceptors (Lipinski definition) is 2. The molecule has 0 aromatic rings. The first-order valence-corrected chi connectivity index (χ1v) is 4.82. The van der Waals surface area contributed by atoms with Gasteiger partial charge in [-0.3, -0.25) is 0 Å². The average Bonchev–Trinajstić information content (AvgIpc) is 2.29. The summed E-state index contributed by atoms with van der Waals surface area (Å²) in [5.41, 5.74) is 0. The number of allylic oxidation sites excluding steroid dienone is 4. The van der Waals surface area contributed by atoms with Crippen LogP contribution in [0.25, 0.3) is 0 Å². The van der Waals surface area contributed by atoms with Crippen LogP contribution in [-0.2, 0) is 0 Å². The Morgan fingerprint density at radius 1 is 0.714 bits per heavy atom. The molecule has 14 heavy (non-hydrogen) atoms. The quantitative estimate of drug-likeness (QED) is 0.652. The standard InChI is InChI=1S/C12H14N2/c1-3-7-13(8-4-1)11-12-14-9-5-2-6-10-14/h1-7,9,11-12H,8,10H2/b12-11+. The van der Waals surface area contributed by atoms with Crippen molar-refractivity contribution in [2.75, 3.05) is 13.1 Å². The molecular weight excluding hydrogens is 172 g/mol. The Labute approximate surface area is 84.8 Å². The van der Waals surface area contributed by atoms with Gasteiger partial charge < -0.3 is 9.80 Å². The molecular formula is C12H14N2. The Balaban J connectivity index is 1.87. The molecule has 2 aliphatic rings. The highest BCUT2D eigenvalue weighted by molar-refractivity contribution is 5.13. The van der Waals surface area contributed by atoms with Crippen LogP contribution in [0.5, 0.6) is 0 Å². The van der Waals surface area contributed by atoms with Crippen molar-refractivity contribution in [1.29, 1.82) is 0 Å². The van der Waals surface area contributed by atoms with E-state index < -0.39 is 0 Å². The average molecular weight is 186 g/mol. The molecule has 0 bridgehead atoms. The van der Waals surface area contributed by atoms with Crippen molar-refractivity contribution in [3.63, 3.8) is 0 Å². The highest BCUT2D eigenvalue weighted by Gasteiger charge is 1.96. The van der Waals surface area contributed by atoms with Crippen molar-refractivity contribution in [2.24, 2.45) is 0 Å². The second kappa shape index (κ2) is 4.51. The summed E-state index contributed by atoms with van der Waals surface area (Å²) in [4.78, 5) is 4.29. The topological polar surface area (TPSA) is 6.48 Å². The van der Waals surface area contributed by atoms with Gasteiger partial charge in [-0.05, 0) is 12.2 Å². The van der Waals surface area contributed by atoms with E-state index >= 15 is 0 Å². The lowest BCUT2D eigenvalue weighted by molar-refractivity contribution is 0.511. The van der Waals surface area contributed by atoms with Crippen LogP contribution in [0.15, 0.2) is 61.3 Å². The fraction of sp³-hybridized carbons (Fsp3) is 0.167.